The minimum atomic E-state index is -5.08. The summed E-state index contributed by atoms with van der Waals surface area (Å²) in [6, 6.07) is 6.92. The summed E-state index contributed by atoms with van der Waals surface area (Å²) in [5, 5.41) is 9.28. The number of nitrogens with zero attached hydrogens (tertiary/aromatic N) is 2. The van der Waals surface area contributed by atoms with Gasteiger partial charge in [0.15, 0.2) is 0 Å². The summed E-state index contributed by atoms with van der Waals surface area (Å²) < 4.78 is 95.8. The van der Waals surface area contributed by atoms with E-state index in [9.17, 15) is 44.7 Å². The number of halogens is 3. The van der Waals surface area contributed by atoms with Gasteiger partial charge in [-0.25, -0.2) is 26.4 Å². The highest BCUT2D eigenvalue weighted by atomic mass is 32.2. The molecule has 0 unspecified atom stereocenters. The van der Waals surface area contributed by atoms with E-state index in [1.54, 1.807) is 6.07 Å². The first-order valence-corrected chi connectivity index (χ1v) is 15.0. The maximum Gasteiger partial charge on any atom is 0.417 e. The van der Waals surface area contributed by atoms with Crippen molar-refractivity contribution in [3.05, 3.63) is 54.1 Å². The number of hydrogen-bond acceptors (Lipinski definition) is 6. The topological polar surface area (TPSA) is 141 Å². The van der Waals surface area contributed by atoms with Crippen LogP contribution in [0.15, 0.2) is 63.2 Å². The Bertz CT molecular complexity index is 1460. The molecule has 0 bridgehead atoms. The summed E-state index contributed by atoms with van der Waals surface area (Å²) >= 11 is 0. The third-order valence-corrected chi connectivity index (χ3v) is 10.2. The Kier molecular flexibility index (Phi) is 7.96. The predicted octanol–water partition coefficient (Wildman–Crippen LogP) is 2.95. The van der Waals surface area contributed by atoms with Gasteiger partial charge in [0.25, 0.3) is 0 Å². The minimum absolute atomic E-state index is 0.0739. The monoisotopic (exact) mass is 589 g/mol. The standard InChI is InChI=1S/C24H26F3N3O7S2/c25-24(26,27)19-9-8-18(38(34,35)17-5-2-1-3-6-17)15-21(19)39(36,37)28-16-10-13-29(14-11-16)22(31)20-7-4-12-30(20)23(32)33/h1-3,5-6,8-9,15-16,20,28H,4,7,10-14H2,(H,32,33)/t20-/m1/s1. The summed E-state index contributed by atoms with van der Waals surface area (Å²) in [4.78, 5) is 24.7. The first kappa shape index (κ1) is 28.8. The van der Waals surface area contributed by atoms with Gasteiger partial charge < -0.3 is 10.0 Å². The van der Waals surface area contributed by atoms with Gasteiger partial charge >= 0.3 is 12.3 Å². The number of hydrogen-bond donors (Lipinski definition) is 2. The normalized spacial score (nSPS) is 19.3. The molecule has 39 heavy (non-hydrogen) atoms. The number of piperidine rings is 1. The van der Waals surface area contributed by atoms with E-state index in [0.717, 1.165) is 11.0 Å². The average Bonchev–Trinajstić information content (AvgIpc) is 3.39. The lowest BCUT2D eigenvalue weighted by Crippen LogP contribution is -2.52. The van der Waals surface area contributed by atoms with Crippen molar-refractivity contribution < 1.29 is 44.7 Å². The van der Waals surface area contributed by atoms with Crippen LogP contribution in [0.5, 0.6) is 0 Å². The molecule has 2 fully saturated rings. The van der Waals surface area contributed by atoms with Gasteiger partial charge in [-0.15, -0.1) is 0 Å². The molecule has 212 valence electrons. The first-order valence-electron chi connectivity index (χ1n) is 12.0. The van der Waals surface area contributed by atoms with Gasteiger partial charge in [0, 0.05) is 25.7 Å². The molecule has 2 N–H and O–H groups in total. The summed E-state index contributed by atoms with van der Waals surface area (Å²) in [6.07, 6.45) is -5.21. The summed E-state index contributed by atoms with van der Waals surface area (Å²) in [7, 11) is -9.14. The number of likely N-dealkylation sites (tertiary alicyclic amines) is 2. The molecule has 0 spiro atoms. The molecule has 1 atom stereocenters. The quantitative estimate of drug-likeness (QED) is 0.528. The number of sulfone groups is 1. The van der Waals surface area contributed by atoms with Crippen LogP contribution in [0.1, 0.15) is 31.2 Å². The Morgan fingerprint density at radius 3 is 2.13 bits per heavy atom. The molecule has 2 saturated heterocycles. The van der Waals surface area contributed by atoms with Crippen molar-refractivity contribution in [2.75, 3.05) is 19.6 Å². The van der Waals surface area contributed by atoms with Gasteiger partial charge in [0.1, 0.15) is 6.04 Å². The summed E-state index contributed by atoms with van der Waals surface area (Å²) in [5.74, 6) is -0.394. The third kappa shape index (κ3) is 6.04. The molecule has 10 nitrogen and oxygen atoms in total. The average molecular weight is 590 g/mol. The molecule has 2 aliphatic heterocycles. The smallest absolute Gasteiger partial charge is 0.417 e. The van der Waals surface area contributed by atoms with E-state index in [1.807, 2.05) is 0 Å². The van der Waals surface area contributed by atoms with Crippen LogP contribution in [0, 0.1) is 0 Å². The van der Waals surface area contributed by atoms with Gasteiger partial charge in [-0.3, -0.25) is 9.69 Å². The second-order valence-electron chi connectivity index (χ2n) is 9.33. The summed E-state index contributed by atoms with van der Waals surface area (Å²) in [6.45, 7) is 0.387. The highest BCUT2D eigenvalue weighted by Gasteiger charge is 2.40. The number of rotatable bonds is 6. The zero-order valence-electron chi connectivity index (χ0n) is 20.5. The van der Waals surface area contributed by atoms with Crippen LogP contribution < -0.4 is 4.72 Å². The molecule has 2 aromatic rings. The van der Waals surface area contributed by atoms with Crippen molar-refractivity contribution in [1.29, 1.82) is 0 Å². The number of carboxylic acid groups (broad SMARTS) is 1. The van der Waals surface area contributed by atoms with E-state index >= 15 is 0 Å². The van der Waals surface area contributed by atoms with Crippen LogP contribution in [0.3, 0.4) is 0 Å². The SMILES string of the molecule is O=C([C@H]1CCCN1C(=O)O)N1CCC(NS(=O)(=O)c2cc(S(=O)(=O)c3ccccc3)ccc2C(F)(F)F)CC1. The molecule has 4 rings (SSSR count). The van der Waals surface area contributed by atoms with Crippen molar-refractivity contribution in [2.45, 2.75) is 58.6 Å². The van der Waals surface area contributed by atoms with Crippen molar-refractivity contribution in [2.24, 2.45) is 0 Å². The highest BCUT2D eigenvalue weighted by molar-refractivity contribution is 7.91. The lowest BCUT2D eigenvalue weighted by atomic mass is 10.0. The van der Waals surface area contributed by atoms with E-state index in [1.165, 1.54) is 29.2 Å². The zero-order chi connectivity index (χ0) is 28.6. The Labute approximate surface area is 223 Å². The van der Waals surface area contributed by atoms with E-state index in [-0.39, 0.29) is 37.4 Å². The molecule has 0 aliphatic carbocycles. The fourth-order valence-electron chi connectivity index (χ4n) is 4.83. The van der Waals surface area contributed by atoms with Crippen molar-refractivity contribution in [1.82, 2.24) is 14.5 Å². The van der Waals surface area contributed by atoms with Gasteiger partial charge in [-0.2, -0.15) is 13.2 Å². The van der Waals surface area contributed by atoms with Crippen molar-refractivity contribution in [3.63, 3.8) is 0 Å². The van der Waals surface area contributed by atoms with Gasteiger partial charge in [0.2, 0.25) is 25.8 Å². The maximum absolute atomic E-state index is 13.8. The van der Waals surface area contributed by atoms with E-state index < -0.39 is 65.5 Å². The lowest BCUT2D eigenvalue weighted by molar-refractivity contribution is -0.140. The number of benzene rings is 2. The zero-order valence-corrected chi connectivity index (χ0v) is 22.1. The Morgan fingerprint density at radius 1 is 0.897 bits per heavy atom. The number of nitrogens with one attached hydrogen (secondary N) is 1. The number of carbonyl (C=O) groups excluding carboxylic acids is 1. The largest absolute Gasteiger partial charge is 0.465 e. The second kappa shape index (κ2) is 10.8. The molecular formula is C24H26F3N3O7S2. The van der Waals surface area contributed by atoms with Gasteiger partial charge in [0.05, 0.1) is 20.2 Å². The fourth-order valence-corrected chi connectivity index (χ4v) is 7.77. The number of alkyl halides is 3. The van der Waals surface area contributed by atoms with E-state index in [0.29, 0.717) is 25.0 Å². The molecule has 2 aromatic carbocycles. The molecule has 2 heterocycles. The molecule has 0 radical (unpaired) electrons. The molecule has 0 saturated carbocycles. The first-order chi connectivity index (χ1) is 18.2. The van der Waals surface area contributed by atoms with Gasteiger partial charge in [-0.05, 0) is 56.0 Å². The Hall–Kier alpha value is -3.17. The second-order valence-corrected chi connectivity index (χ2v) is 13.0. The minimum Gasteiger partial charge on any atom is -0.465 e. The molecular weight excluding hydrogens is 563 g/mol. The van der Waals surface area contributed by atoms with Crippen molar-refractivity contribution in [3.8, 4) is 0 Å². The third-order valence-electron chi connectivity index (χ3n) is 6.82. The summed E-state index contributed by atoms with van der Waals surface area (Å²) in [5.41, 5.74) is -1.51. The van der Waals surface area contributed by atoms with Crippen LogP contribution in [0.2, 0.25) is 0 Å². The Morgan fingerprint density at radius 2 is 1.54 bits per heavy atom. The van der Waals surface area contributed by atoms with Crippen LogP contribution in [0.25, 0.3) is 0 Å². The maximum atomic E-state index is 13.8. The van der Waals surface area contributed by atoms with Gasteiger partial charge in [-0.1, -0.05) is 18.2 Å². The van der Waals surface area contributed by atoms with Crippen LogP contribution >= 0.6 is 0 Å². The Balaban J connectivity index is 1.54. The van der Waals surface area contributed by atoms with E-state index in [4.69, 9.17) is 0 Å². The highest BCUT2D eigenvalue weighted by Crippen LogP contribution is 2.36. The molecule has 2 amide bonds. The van der Waals surface area contributed by atoms with Crippen molar-refractivity contribution >= 4 is 31.9 Å². The van der Waals surface area contributed by atoms with E-state index in [2.05, 4.69) is 4.72 Å². The van der Waals surface area contributed by atoms with Crippen LogP contribution in [-0.2, 0) is 30.8 Å². The van der Waals surface area contributed by atoms with Crippen LogP contribution in [-0.4, -0.2) is 75.5 Å². The predicted molar refractivity (Wildman–Crippen MR) is 131 cm³/mol. The number of sulfonamides is 1. The molecule has 0 aromatic heterocycles. The number of amides is 2. The fraction of sp³-hybridized carbons (Fsp3) is 0.417. The number of carbonyl (C=O) groups is 2. The molecule has 15 heteroatoms. The lowest BCUT2D eigenvalue weighted by Gasteiger charge is -2.35. The van der Waals surface area contributed by atoms with Crippen LogP contribution in [0.4, 0.5) is 18.0 Å². The molecule has 2 aliphatic rings.